The fourth-order valence-corrected chi connectivity index (χ4v) is 4.12. The summed E-state index contributed by atoms with van der Waals surface area (Å²) in [6, 6.07) is 2.92. The van der Waals surface area contributed by atoms with Crippen LogP contribution in [0.1, 0.15) is 49.1 Å². The molecular weight excluding hydrogens is 346 g/mol. The maximum Gasteiger partial charge on any atom is 0.289 e. The van der Waals surface area contributed by atoms with Crippen molar-refractivity contribution in [1.82, 2.24) is 15.1 Å². The molecule has 0 radical (unpaired) electrons. The fraction of sp³-hybridized carbons (Fsp3) is 0.650. The van der Waals surface area contributed by atoms with Crippen LogP contribution in [0.2, 0.25) is 0 Å². The largest absolute Gasteiger partial charge is 0.459 e. The fourth-order valence-electron chi connectivity index (χ4n) is 4.12. The minimum absolute atomic E-state index is 0.0154. The van der Waals surface area contributed by atoms with Crippen LogP contribution in [0.5, 0.6) is 0 Å². The van der Waals surface area contributed by atoms with Gasteiger partial charge in [-0.1, -0.05) is 0 Å². The van der Waals surface area contributed by atoms with Gasteiger partial charge in [-0.25, -0.2) is 0 Å². The number of hydrogen-bond donors (Lipinski definition) is 1. The van der Waals surface area contributed by atoms with Crippen molar-refractivity contribution >= 4 is 17.7 Å². The van der Waals surface area contributed by atoms with Crippen molar-refractivity contribution in [2.45, 2.75) is 44.6 Å². The summed E-state index contributed by atoms with van der Waals surface area (Å²) in [7, 11) is 0. The van der Waals surface area contributed by atoms with E-state index in [0.29, 0.717) is 31.7 Å². The van der Waals surface area contributed by atoms with E-state index < -0.39 is 6.04 Å². The third-order valence-corrected chi connectivity index (χ3v) is 5.96. The number of amides is 3. The van der Waals surface area contributed by atoms with Crippen molar-refractivity contribution < 1.29 is 18.8 Å². The van der Waals surface area contributed by atoms with Crippen LogP contribution in [0.3, 0.4) is 0 Å². The lowest BCUT2D eigenvalue weighted by Crippen LogP contribution is -2.54. The summed E-state index contributed by atoms with van der Waals surface area (Å²) in [6.07, 6.45) is 6.83. The first-order chi connectivity index (χ1) is 13.1. The van der Waals surface area contributed by atoms with E-state index in [1.165, 1.54) is 6.26 Å². The molecule has 7 heteroatoms. The molecule has 3 heterocycles. The van der Waals surface area contributed by atoms with Gasteiger partial charge in [0.2, 0.25) is 11.8 Å². The van der Waals surface area contributed by atoms with Crippen molar-refractivity contribution in [2.75, 3.05) is 26.2 Å². The van der Waals surface area contributed by atoms with Gasteiger partial charge in [0, 0.05) is 32.1 Å². The lowest BCUT2D eigenvalue weighted by molar-refractivity contribution is -0.138. The van der Waals surface area contributed by atoms with Crippen molar-refractivity contribution in [1.29, 1.82) is 0 Å². The average Bonchev–Trinajstić information content (AvgIpc) is 3.17. The Bertz CT molecular complexity index is 684. The van der Waals surface area contributed by atoms with Crippen molar-refractivity contribution in [3.63, 3.8) is 0 Å². The Hall–Kier alpha value is -2.31. The van der Waals surface area contributed by atoms with Crippen molar-refractivity contribution in [3.8, 4) is 0 Å². The Morgan fingerprint density at radius 2 is 1.70 bits per heavy atom. The van der Waals surface area contributed by atoms with E-state index in [4.69, 9.17) is 4.42 Å². The second-order valence-corrected chi connectivity index (χ2v) is 7.90. The second-order valence-electron chi connectivity index (χ2n) is 7.90. The first-order valence-electron chi connectivity index (χ1n) is 10.1. The van der Waals surface area contributed by atoms with Gasteiger partial charge in [-0.3, -0.25) is 14.4 Å². The van der Waals surface area contributed by atoms with E-state index in [1.54, 1.807) is 17.0 Å². The minimum atomic E-state index is -0.461. The lowest BCUT2D eigenvalue weighted by Gasteiger charge is -2.36. The molecule has 0 aromatic carbocycles. The van der Waals surface area contributed by atoms with Gasteiger partial charge in [-0.15, -0.1) is 0 Å². The Labute approximate surface area is 159 Å². The highest BCUT2D eigenvalue weighted by Gasteiger charge is 2.39. The number of hydrogen-bond acceptors (Lipinski definition) is 4. The molecule has 1 saturated carbocycles. The van der Waals surface area contributed by atoms with Crippen molar-refractivity contribution in [2.24, 2.45) is 11.8 Å². The summed E-state index contributed by atoms with van der Waals surface area (Å²) >= 11 is 0. The molecule has 3 amide bonds. The van der Waals surface area contributed by atoms with Crippen molar-refractivity contribution in [3.05, 3.63) is 24.2 Å². The highest BCUT2D eigenvalue weighted by atomic mass is 16.3. The molecule has 1 unspecified atom stereocenters. The highest BCUT2D eigenvalue weighted by molar-refractivity contribution is 5.92. The first kappa shape index (κ1) is 18.1. The third-order valence-electron chi connectivity index (χ3n) is 5.96. The van der Waals surface area contributed by atoms with Gasteiger partial charge in [-0.2, -0.15) is 0 Å². The summed E-state index contributed by atoms with van der Waals surface area (Å²) in [6.45, 7) is 2.72. The summed E-state index contributed by atoms with van der Waals surface area (Å²) in [4.78, 5) is 41.5. The van der Waals surface area contributed by atoms with E-state index >= 15 is 0 Å². The predicted octanol–water partition coefficient (Wildman–Crippen LogP) is 1.65. The van der Waals surface area contributed by atoms with Gasteiger partial charge >= 0.3 is 0 Å². The molecule has 1 aromatic heterocycles. The van der Waals surface area contributed by atoms with E-state index in [2.05, 4.69) is 5.32 Å². The molecule has 2 saturated heterocycles. The van der Waals surface area contributed by atoms with Gasteiger partial charge in [0.15, 0.2) is 5.76 Å². The standard InChI is InChI=1S/C20H27N3O4/c24-18(15-5-6-15)21-17(20(26)22-9-1-2-10-22)14-7-11-23(12-8-14)19(25)16-4-3-13-27-16/h3-4,13-15,17H,1-2,5-12H2,(H,21,24). The van der Waals surface area contributed by atoms with Crippen LogP contribution in [0.25, 0.3) is 0 Å². The highest BCUT2D eigenvalue weighted by Crippen LogP contribution is 2.30. The Kier molecular flexibility index (Phi) is 5.18. The average molecular weight is 373 g/mol. The zero-order valence-corrected chi connectivity index (χ0v) is 15.6. The molecule has 1 atom stereocenters. The number of carbonyl (C=O) groups is 3. The van der Waals surface area contributed by atoms with E-state index in [-0.39, 0.29) is 29.6 Å². The smallest absolute Gasteiger partial charge is 0.289 e. The molecular formula is C20H27N3O4. The van der Waals surface area contributed by atoms with Crippen LogP contribution in [-0.2, 0) is 9.59 Å². The molecule has 1 N–H and O–H groups in total. The molecule has 3 aliphatic rings. The molecule has 7 nitrogen and oxygen atoms in total. The zero-order chi connectivity index (χ0) is 18.8. The summed E-state index contributed by atoms with van der Waals surface area (Å²) in [5.74, 6) is 0.461. The van der Waals surface area contributed by atoms with E-state index in [0.717, 1.165) is 38.8 Å². The molecule has 27 heavy (non-hydrogen) atoms. The quantitative estimate of drug-likeness (QED) is 0.851. The predicted molar refractivity (Wildman–Crippen MR) is 97.8 cm³/mol. The number of furan rings is 1. The normalized spacial score (nSPS) is 21.9. The number of piperidine rings is 1. The summed E-state index contributed by atoms with van der Waals surface area (Å²) in [5, 5.41) is 3.04. The van der Waals surface area contributed by atoms with Crippen LogP contribution >= 0.6 is 0 Å². The zero-order valence-electron chi connectivity index (χ0n) is 15.6. The first-order valence-corrected chi connectivity index (χ1v) is 10.1. The van der Waals surface area contributed by atoms with Crippen LogP contribution in [0.4, 0.5) is 0 Å². The summed E-state index contributed by atoms with van der Waals surface area (Å²) < 4.78 is 5.21. The molecule has 0 bridgehead atoms. The van der Waals surface area contributed by atoms with Gasteiger partial charge in [0.25, 0.3) is 5.91 Å². The third kappa shape index (κ3) is 4.01. The van der Waals surface area contributed by atoms with Crippen LogP contribution in [0, 0.1) is 11.8 Å². The van der Waals surface area contributed by atoms with Crippen LogP contribution in [-0.4, -0.2) is 59.7 Å². The van der Waals surface area contributed by atoms with E-state index in [1.807, 2.05) is 4.90 Å². The summed E-state index contributed by atoms with van der Waals surface area (Å²) in [5.41, 5.74) is 0. The maximum atomic E-state index is 13.0. The number of likely N-dealkylation sites (tertiary alicyclic amines) is 2. The molecule has 2 aliphatic heterocycles. The molecule has 1 aromatic rings. The van der Waals surface area contributed by atoms with Gasteiger partial charge < -0.3 is 19.5 Å². The molecule has 3 fully saturated rings. The van der Waals surface area contributed by atoms with Gasteiger partial charge in [0.1, 0.15) is 6.04 Å². The lowest BCUT2D eigenvalue weighted by atomic mass is 9.88. The SMILES string of the molecule is O=C(NC(C(=O)N1CCCC1)C1CCN(C(=O)c2ccco2)CC1)C1CC1. The number of nitrogens with one attached hydrogen (secondary N) is 1. The second kappa shape index (κ2) is 7.74. The Morgan fingerprint density at radius 3 is 2.30 bits per heavy atom. The molecule has 4 rings (SSSR count). The topological polar surface area (TPSA) is 82.9 Å². The molecule has 0 spiro atoms. The Morgan fingerprint density at radius 1 is 1.00 bits per heavy atom. The van der Waals surface area contributed by atoms with Gasteiger partial charge in [0.05, 0.1) is 6.26 Å². The monoisotopic (exact) mass is 373 g/mol. The molecule has 1 aliphatic carbocycles. The number of rotatable bonds is 5. The van der Waals surface area contributed by atoms with Gasteiger partial charge in [-0.05, 0) is 56.6 Å². The maximum absolute atomic E-state index is 13.0. The molecule has 146 valence electrons. The van der Waals surface area contributed by atoms with Crippen LogP contribution in [0.15, 0.2) is 22.8 Å². The Balaban J connectivity index is 1.40. The minimum Gasteiger partial charge on any atom is -0.459 e. The number of nitrogens with zero attached hydrogens (tertiary/aromatic N) is 2. The van der Waals surface area contributed by atoms with E-state index in [9.17, 15) is 14.4 Å². The van der Waals surface area contributed by atoms with Crippen LogP contribution < -0.4 is 5.32 Å². The number of carbonyl (C=O) groups excluding carboxylic acids is 3.